The Labute approximate surface area is 230 Å². The van der Waals surface area contributed by atoms with Crippen LogP contribution in [0.5, 0.6) is 0 Å². The van der Waals surface area contributed by atoms with Gasteiger partial charge in [0, 0.05) is 18.2 Å². The third-order valence-corrected chi connectivity index (χ3v) is 6.69. The van der Waals surface area contributed by atoms with Gasteiger partial charge >= 0.3 is 6.09 Å². The lowest BCUT2D eigenvalue weighted by molar-refractivity contribution is -0.143. The number of terminal acetylenes is 1. The fourth-order valence-corrected chi connectivity index (χ4v) is 4.63. The summed E-state index contributed by atoms with van der Waals surface area (Å²) < 4.78 is 5.44. The summed E-state index contributed by atoms with van der Waals surface area (Å²) in [6, 6.07) is 14.9. The number of nitrogens with one attached hydrogen (secondary N) is 2. The SMILES string of the molecule is C#Cc1ccccc1C(C(=O)NCc1ccccc1)N(C(=O)C(CCSC)NC(=O)OC(C)(C)C)C1CC1. The number of rotatable bonds is 11. The molecule has 8 heteroatoms. The summed E-state index contributed by atoms with van der Waals surface area (Å²) >= 11 is 1.58. The molecule has 1 saturated carbocycles. The van der Waals surface area contributed by atoms with E-state index in [0.717, 1.165) is 18.4 Å². The summed E-state index contributed by atoms with van der Waals surface area (Å²) in [6.45, 7) is 5.62. The van der Waals surface area contributed by atoms with E-state index in [9.17, 15) is 14.4 Å². The minimum absolute atomic E-state index is 0.127. The Morgan fingerprint density at radius 1 is 1.11 bits per heavy atom. The molecule has 2 aromatic carbocycles. The molecule has 7 nitrogen and oxygen atoms in total. The molecule has 0 aliphatic heterocycles. The molecule has 2 atom stereocenters. The largest absolute Gasteiger partial charge is 0.444 e. The molecule has 0 spiro atoms. The summed E-state index contributed by atoms with van der Waals surface area (Å²) in [5.41, 5.74) is 1.37. The van der Waals surface area contributed by atoms with Gasteiger partial charge in [0.2, 0.25) is 11.8 Å². The van der Waals surface area contributed by atoms with E-state index in [0.29, 0.717) is 29.8 Å². The third-order valence-electron chi connectivity index (χ3n) is 6.04. The van der Waals surface area contributed by atoms with E-state index in [1.54, 1.807) is 49.6 Å². The van der Waals surface area contributed by atoms with E-state index in [2.05, 4.69) is 16.6 Å². The van der Waals surface area contributed by atoms with Crippen LogP contribution in [0, 0.1) is 12.3 Å². The molecule has 0 heterocycles. The lowest BCUT2D eigenvalue weighted by Crippen LogP contribution is -2.54. The van der Waals surface area contributed by atoms with E-state index < -0.39 is 23.8 Å². The van der Waals surface area contributed by atoms with Crippen LogP contribution in [0.4, 0.5) is 4.79 Å². The summed E-state index contributed by atoms with van der Waals surface area (Å²) in [6.07, 6.45) is 9.03. The second-order valence-electron chi connectivity index (χ2n) is 10.3. The molecule has 1 aliphatic carbocycles. The van der Waals surface area contributed by atoms with Crippen molar-refractivity contribution >= 4 is 29.7 Å². The fourth-order valence-electron chi connectivity index (χ4n) is 4.16. The smallest absolute Gasteiger partial charge is 0.408 e. The number of alkyl carbamates (subject to hydrolysis) is 1. The maximum Gasteiger partial charge on any atom is 0.408 e. The Hall–Kier alpha value is -3.44. The molecule has 2 unspecified atom stereocenters. The Balaban J connectivity index is 1.96. The minimum Gasteiger partial charge on any atom is -0.444 e. The van der Waals surface area contributed by atoms with Gasteiger partial charge in [0.1, 0.15) is 17.7 Å². The first-order valence-corrected chi connectivity index (χ1v) is 14.2. The van der Waals surface area contributed by atoms with Crippen molar-refractivity contribution in [3.05, 3.63) is 71.3 Å². The number of benzene rings is 2. The lowest BCUT2D eigenvalue weighted by Gasteiger charge is -2.35. The minimum atomic E-state index is -0.942. The van der Waals surface area contributed by atoms with Gasteiger partial charge < -0.3 is 20.3 Å². The highest BCUT2D eigenvalue weighted by atomic mass is 32.2. The maximum absolute atomic E-state index is 14.1. The van der Waals surface area contributed by atoms with Crippen LogP contribution < -0.4 is 10.6 Å². The highest BCUT2D eigenvalue weighted by Crippen LogP contribution is 2.37. The van der Waals surface area contributed by atoms with Crippen LogP contribution in [-0.4, -0.2) is 52.5 Å². The van der Waals surface area contributed by atoms with Gasteiger partial charge in [-0.05, 0) is 69.2 Å². The Morgan fingerprint density at radius 3 is 2.37 bits per heavy atom. The normalized spacial score (nSPS) is 14.5. The molecule has 0 radical (unpaired) electrons. The van der Waals surface area contributed by atoms with E-state index in [-0.39, 0.29) is 17.9 Å². The predicted molar refractivity (Wildman–Crippen MR) is 151 cm³/mol. The number of thioether (sulfide) groups is 1. The van der Waals surface area contributed by atoms with Gasteiger partial charge in [-0.15, -0.1) is 6.42 Å². The number of hydrogen-bond acceptors (Lipinski definition) is 5. The monoisotopic (exact) mass is 535 g/mol. The van der Waals surface area contributed by atoms with Crippen molar-refractivity contribution in [3.63, 3.8) is 0 Å². The van der Waals surface area contributed by atoms with Gasteiger partial charge in [0.15, 0.2) is 0 Å². The van der Waals surface area contributed by atoms with E-state index in [1.807, 2.05) is 48.7 Å². The van der Waals surface area contributed by atoms with Gasteiger partial charge in [-0.25, -0.2) is 4.79 Å². The van der Waals surface area contributed by atoms with Crippen LogP contribution in [0.1, 0.15) is 62.8 Å². The summed E-state index contributed by atoms with van der Waals surface area (Å²) in [4.78, 5) is 42.2. The Bertz CT molecular complexity index is 1150. The van der Waals surface area contributed by atoms with Crippen molar-refractivity contribution < 1.29 is 19.1 Å². The summed E-state index contributed by atoms with van der Waals surface area (Å²) in [5, 5.41) is 5.77. The van der Waals surface area contributed by atoms with Crippen molar-refractivity contribution in [3.8, 4) is 12.3 Å². The highest BCUT2D eigenvalue weighted by molar-refractivity contribution is 7.98. The summed E-state index contributed by atoms with van der Waals surface area (Å²) in [7, 11) is 0. The molecule has 2 N–H and O–H groups in total. The topological polar surface area (TPSA) is 87.7 Å². The quantitative estimate of drug-likeness (QED) is 0.409. The third kappa shape index (κ3) is 8.29. The van der Waals surface area contributed by atoms with Crippen LogP contribution in [0.2, 0.25) is 0 Å². The molecule has 2 aromatic rings. The molecule has 3 amide bonds. The van der Waals surface area contributed by atoms with Crippen LogP contribution >= 0.6 is 11.8 Å². The molecule has 3 rings (SSSR count). The first kappa shape index (κ1) is 29.1. The fraction of sp³-hybridized carbons (Fsp3) is 0.433. The predicted octanol–water partition coefficient (Wildman–Crippen LogP) is 4.66. The van der Waals surface area contributed by atoms with Crippen LogP contribution in [0.3, 0.4) is 0 Å². The molecule has 0 aromatic heterocycles. The lowest BCUT2D eigenvalue weighted by atomic mass is 9.97. The number of carbonyl (C=O) groups excluding carboxylic acids is 3. The molecule has 0 bridgehead atoms. The van der Waals surface area contributed by atoms with Gasteiger partial charge in [0.25, 0.3) is 0 Å². The second kappa shape index (κ2) is 13.4. The van der Waals surface area contributed by atoms with E-state index >= 15 is 0 Å². The zero-order valence-electron chi connectivity index (χ0n) is 22.5. The zero-order chi connectivity index (χ0) is 27.7. The number of hydrogen-bond donors (Lipinski definition) is 2. The van der Waals surface area contributed by atoms with Crippen LogP contribution in [-0.2, 0) is 20.9 Å². The maximum atomic E-state index is 14.1. The van der Waals surface area contributed by atoms with E-state index in [4.69, 9.17) is 11.2 Å². The average Bonchev–Trinajstić information content (AvgIpc) is 3.72. The molecule has 1 aliphatic rings. The highest BCUT2D eigenvalue weighted by Gasteiger charge is 2.44. The van der Waals surface area contributed by atoms with Crippen molar-refractivity contribution in [2.24, 2.45) is 0 Å². The van der Waals surface area contributed by atoms with Crippen LogP contribution in [0.25, 0.3) is 0 Å². The van der Waals surface area contributed by atoms with Gasteiger partial charge in [-0.2, -0.15) is 11.8 Å². The average molecular weight is 536 g/mol. The number of amides is 3. The van der Waals surface area contributed by atoms with Gasteiger partial charge in [-0.3, -0.25) is 9.59 Å². The van der Waals surface area contributed by atoms with E-state index in [1.165, 1.54) is 0 Å². The second-order valence-corrected chi connectivity index (χ2v) is 11.3. The molecule has 0 saturated heterocycles. The molecule has 202 valence electrons. The van der Waals surface area contributed by atoms with Crippen molar-refractivity contribution in [1.82, 2.24) is 15.5 Å². The first-order valence-electron chi connectivity index (χ1n) is 12.8. The number of ether oxygens (including phenoxy) is 1. The summed E-state index contributed by atoms with van der Waals surface area (Å²) in [5.74, 6) is 2.68. The zero-order valence-corrected chi connectivity index (χ0v) is 23.3. The number of carbonyl (C=O) groups is 3. The molecule has 38 heavy (non-hydrogen) atoms. The first-order chi connectivity index (χ1) is 18.1. The van der Waals surface area contributed by atoms with Crippen molar-refractivity contribution in [2.75, 3.05) is 12.0 Å². The standard InChI is InChI=1S/C30H37N3O4S/c1-6-22-14-10-11-15-24(22)26(27(34)31-20-21-12-8-7-9-13-21)33(23-16-17-23)28(35)25(18-19-38-5)32-29(36)37-30(2,3)4/h1,7-15,23,25-26H,16-20H2,2-5H3,(H,31,34)(H,32,36). The van der Waals surface area contributed by atoms with Crippen molar-refractivity contribution in [1.29, 1.82) is 0 Å². The molecule has 1 fully saturated rings. The molecular formula is C30H37N3O4S. The Morgan fingerprint density at radius 2 is 1.76 bits per heavy atom. The van der Waals surface area contributed by atoms with Crippen molar-refractivity contribution in [2.45, 2.75) is 70.3 Å². The number of nitrogens with zero attached hydrogens (tertiary/aromatic N) is 1. The van der Waals surface area contributed by atoms with Crippen LogP contribution in [0.15, 0.2) is 54.6 Å². The Kier molecular flexibility index (Phi) is 10.3. The molecular weight excluding hydrogens is 498 g/mol. The van der Waals surface area contributed by atoms with Gasteiger partial charge in [-0.1, -0.05) is 54.5 Å². The van der Waals surface area contributed by atoms with Gasteiger partial charge in [0.05, 0.1) is 0 Å².